The predicted octanol–water partition coefficient (Wildman–Crippen LogP) is 4.16. The van der Waals surface area contributed by atoms with Gasteiger partial charge in [0.15, 0.2) is 0 Å². The van der Waals surface area contributed by atoms with Crippen LogP contribution in [0.4, 0.5) is 5.69 Å². The monoisotopic (exact) mass is 289 g/mol. The van der Waals surface area contributed by atoms with Crippen molar-refractivity contribution in [2.75, 3.05) is 11.9 Å². The van der Waals surface area contributed by atoms with Crippen LogP contribution in [0.25, 0.3) is 0 Å². The highest BCUT2D eigenvalue weighted by Crippen LogP contribution is 2.33. The zero-order chi connectivity index (χ0) is 15.2. The van der Waals surface area contributed by atoms with Gasteiger partial charge in [-0.15, -0.1) is 0 Å². The first-order chi connectivity index (χ1) is 10.1. The molecule has 1 aromatic rings. The molecule has 1 aliphatic rings. The zero-order valence-electron chi connectivity index (χ0n) is 13.4. The number of rotatable bonds is 5. The normalized spacial score (nSPS) is 23.4. The Morgan fingerprint density at radius 1 is 1.38 bits per heavy atom. The van der Waals surface area contributed by atoms with Crippen molar-refractivity contribution in [3.05, 3.63) is 29.8 Å². The van der Waals surface area contributed by atoms with Crippen LogP contribution in [0.1, 0.15) is 45.1 Å². The van der Waals surface area contributed by atoms with Gasteiger partial charge in [-0.05, 0) is 50.2 Å². The third-order valence-corrected chi connectivity index (χ3v) is 4.44. The maximum Gasteiger partial charge on any atom is 0.328 e. The second-order valence-electron chi connectivity index (χ2n) is 6.22. The fourth-order valence-electron chi connectivity index (χ4n) is 3.29. The summed E-state index contributed by atoms with van der Waals surface area (Å²) in [6.45, 7) is 6.65. The largest absolute Gasteiger partial charge is 0.464 e. The number of para-hydroxylation sites is 1. The fourth-order valence-corrected chi connectivity index (χ4v) is 3.29. The molecule has 0 aromatic heterocycles. The van der Waals surface area contributed by atoms with Crippen LogP contribution in [0, 0.1) is 18.8 Å². The van der Waals surface area contributed by atoms with Crippen molar-refractivity contribution in [2.24, 2.45) is 11.8 Å². The summed E-state index contributed by atoms with van der Waals surface area (Å²) in [5.41, 5.74) is 2.20. The van der Waals surface area contributed by atoms with Crippen molar-refractivity contribution in [3.63, 3.8) is 0 Å². The lowest BCUT2D eigenvalue weighted by Crippen LogP contribution is -2.40. The SMILES string of the molecule is CCOC(=O)C(Nc1ccccc1C)C1CCCC(C)C1. The van der Waals surface area contributed by atoms with Gasteiger partial charge in [0, 0.05) is 5.69 Å². The summed E-state index contributed by atoms with van der Waals surface area (Å²) in [4.78, 5) is 12.4. The van der Waals surface area contributed by atoms with Gasteiger partial charge < -0.3 is 10.1 Å². The number of aryl methyl sites for hydroxylation is 1. The Bertz CT molecular complexity index is 472. The van der Waals surface area contributed by atoms with Crippen LogP contribution in [0.2, 0.25) is 0 Å². The van der Waals surface area contributed by atoms with Gasteiger partial charge in [0.2, 0.25) is 0 Å². The number of esters is 1. The molecule has 3 nitrogen and oxygen atoms in total. The van der Waals surface area contributed by atoms with Crippen molar-refractivity contribution in [3.8, 4) is 0 Å². The topological polar surface area (TPSA) is 38.3 Å². The summed E-state index contributed by atoms with van der Waals surface area (Å²) in [6.07, 6.45) is 4.68. The average Bonchev–Trinajstić information content (AvgIpc) is 2.46. The van der Waals surface area contributed by atoms with Crippen molar-refractivity contribution in [1.29, 1.82) is 0 Å². The minimum absolute atomic E-state index is 0.111. The Hall–Kier alpha value is -1.51. The van der Waals surface area contributed by atoms with E-state index in [1.165, 1.54) is 12.8 Å². The molecule has 2 rings (SSSR count). The molecular formula is C18H27NO2. The second-order valence-corrected chi connectivity index (χ2v) is 6.22. The van der Waals surface area contributed by atoms with E-state index >= 15 is 0 Å². The number of hydrogen-bond acceptors (Lipinski definition) is 3. The molecule has 0 radical (unpaired) electrons. The minimum Gasteiger partial charge on any atom is -0.464 e. The van der Waals surface area contributed by atoms with Crippen LogP contribution in [-0.2, 0) is 9.53 Å². The molecule has 3 unspecified atom stereocenters. The van der Waals surface area contributed by atoms with Crippen molar-refractivity contribution in [1.82, 2.24) is 0 Å². The summed E-state index contributed by atoms with van der Waals surface area (Å²) in [7, 11) is 0. The Kier molecular flexibility index (Phi) is 5.66. The number of anilines is 1. The summed E-state index contributed by atoms with van der Waals surface area (Å²) in [5.74, 6) is 0.951. The third-order valence-electron chi connectivity index (χ3n) is 4.44. The molecule has 3 heteroatoms. The molecule has 21 heavy (non-hydrogen) atoms. The summed E-state index contributed by atoms with van der Waals surface area (Å²) < 4.78 is 5.30. The molecule has 0 aliphatic heterocycles. The van der Waals surface area contributed by atoms with Crippen molar-refractivity contribution < 1.29 is 9.53 Å². The molecule has 1 aromatic carbocycles. The van der Waals surface area contributed by atoms with Crippen LogP contribution in [0.5, 0.6) is 0 Å². The van der Waals surface area contributed by atoms with Gasteiger partial charge in [-0.1, -0.05) is 38.0 Å². The number of benzene rings is 1. The molecular weight excluding hydrogens is 262 g/mol. The molecule has 1 aliphatic carbocycles. The molecule has 0 amide bonds. The number of hydrogen-bond donors (Lipinski definition) is 1. The van der Waals surface area contributed by atoms with Crippen LogP contribution in [0.3, 0.4) is 0 Å². The molecule has 0 bridgehead atoms. The lowest BCUT2D eigenvalue weighted by molar-refractivity contribution is -0.145. The first-order valence-corrected chi connectivity index (χ1v) is 8.10. The van der Waals surface area contributed by atoms with E-state index in [4.69, 9.17) is 4.74 Å². The Morgan fingerprint density at radius 3 is 2.81 bits per heavy atom. The Balaban J connectivity index is 2.15. The quantitative estimate of drug-likeness (QED) is 0.827. The predicted molar refractivity (Wildman–Crippen MR) is 86.3 cm³/mol. The summed E-state index contributed by atoms with van der Waals surface area (Å²) in [5, 5.41) is 3.45. The molecule has 1 N–H and O–H groups in total. The standard InChI is InChI=1S/C18H27NO2/c1-4-21-18(20)17(15-10-7-8-13(2)12-15)19-16-11-6-5-9-14(16)3/h5-6,9,11,13,15,17,19H,4,7-8,10,12H2,1-3H3. The van der Waals surface area contributed by atoms with Gasteiger partial charge >= 0.3 is 5.97 Å². The maximum absolute atomic E-state index is 12.4. The van der Waals surface area contributed by atoms with Crippen LogP contribution >= 0.6 is 0 Å². The lowest BCUT2D eigenvalue weighted by Gasteiger charge is -2.33. The highest BCUT2D eigenvalue weighted by atomic mass is 16.5. The first-order valence-electron chi connectivity index (χ1n) is 8.10. The van der Waals surface area contributed by atoms with Gasteiger partial charge in [0.1, 0.15) is 6.04 Å². The number of carbonyl (C=O) groups is 1. The van der Waals surface area contributed by atoms with E-state index in [-0.39, 0.29) is 12.0 Å². The van der Waals surface area contributed by atoms with E-state index in [0.717, 1.165) is 24.1 Å². The fraction of sp³-hybridized carbons (Fsp3) is 0.611. The molecule has 0 spiro atoms. The highest BCUT2D eigenvalue weighted by molar-refractivity contribution is 5.80. The average molecular weight is 289 g/mol. The first kappa shape index (κ1) is 15.9. The maximum atomic E-state index is 12.4. The van der Waals surface area contributed by atoms with Crippen molar-refractivity contribution >= 4 is 11.7 Å². The van der Waals surface area contributed by atoms with E-state index in [9.17, 15) is 4.79 Å². The third kappa shape index (κ3) is 4.23. The molecule has 0 heterocycles. The van der Waals surface area contributed by atoms with Gasteiger partial charge in [0.25, 0.3) is 0 Å². The van der Waals surface area contributed by atoms with Gasteiger partial charge in [-0.3, -0.25) is 0 Å². The molecule has 1 saturated carbocycles. The number of carbonyl (C=O) groups excluding carboxylic acids is 1. The van der Waals surface area contributed by atoms with E-state index in [0.29, 0.717) is 18.4 Å². The van der Waals surface area contributed by atoms with E-state index in [2.05, 4.69) is 25.2 Å². The highest BCUT2D eigenvalue weighted by Gasteiger charge is 2.32. The van der Waals surface area contributed by atoms with E-state index in [1.807, 2.05) is 25.1 Å². The molecule has 116 valence electrons. The molecule has 1 fully saturated rings. The van der Waals surface area contributed by atoms with Crippen LogP contribution < -0.4 is 5.32 Å². The Labute approximate surface area is 128 Å². The summed E-state index contributed by atoms with van der Waals surface area (Å²) >= 11 is 0. The van der Waals surface area contributed by atoms with E-state index < -0.39 is 0 Å². The summed E-state index contributed by atoms with van der Waals surface area (Å²) in [6, 6.07) is 7.89. The smallest absolute Gasteiger partial charge is 0.328 e. The molecule has 3 atom stereocenters. The zero-order valence-corrected chi connectivity index (χ0v) is 13.4. The minimum atomic E-state index is -0.228. The number of nitrogens with one attached hydrogen (secondary N) is 1. The van der Waals surface area contributed by atoms with Gasteiger partial charge in [0.05, 0.1) is 6.61 Å². The Morgan fingerprint density at radius 2 is 2.14 bits per heavy atom. The van der Waals surface area contributed by atoms with Gasteiger partial charge in [-0.25, -0.2) is 4.79 Å². The van der Waals surface area contributed by atoms with E-state index in [1.54, 1.807) is 0 Å². The van der Waals surface area contributed by atoms with Crippen molar-refractivity contribution in [2.45, 2.75) is 52.5 Å². The second kappa shape index (κ2) is 7.48. The molecule has 0 saturated heterocycles. The van der Waals surface area contributed by atoms with Gasteiger partial charge in [-0.2, -0.15) is 0 Å². The van der Waals surface area contributed by atoms with Crippen LogP contribution in [0.15, 0.2) is 24.3 Å². The van der Waals surface area contributed by atoms with Crippen LogP contribution in [-0.4, -0.2) is 18.6 Å². The lowest BCUT2D eigenvalue weighted by atomic mass is 9.78. The number of ether oxygens (including phenoxy) is 1.